The van der Waals surface area contributed by atoms with Crippen molar-refractivity contribution in [2.24, 2.45) is 0 Å². The quantitative estimate of drug-likeness (QED) is 0.821. The fourth-order valence-electron chi connectivity index (χ4n) is 2.94. The minimum absolute atomic E-state index is 0.0982. The van der Waals surface area contributed by atoms with Gasteiger partial charge in [0.15, 0.2) is 0 Å². The lowest BCUT2D eigenvalue weighted by Crippen LogP contribution is -2.34. The third-order valence-corrected chi connectivity index (χ3v) is 3.81. The van der Waals surface area contributed by atoms with Crippen LogP contribution in [0.25, 0.3) is 0 Å². The van der Waals surface area contributed by atoms with Crippen molar-refractivity contribution in [3.05, 3.63) is 35.1 Å². The number of rotatable bonds is 5. The Labute approximate surface area is 103 Å². The van der Waals surface area contributed by atoms with E-state index >= 15 is 0 Å². The molecule has 2 unspecified atom stereocenters. The Morgan fingerprint density at radius 1 is 1.41 bits per heavy atom. The monoisotopic (exact) mass is 235 g/mol. The number of aryl methyl sites for hydroxylation is 1. The lowest BCUT2D eigenvalue weighted by molar-refractivity contribution is 0.418. The van der Waals surface area contributed by atoms with Gasteiger partial charge in [-0.05, 0) is 61.4 Å². The molecule has 0 spiro atoms. The van der Waals surface area contributed by atoms with Crippen molar-refractivity contribution in [2.45, 2.75) is 51.5 Å². The van der Waals surface area contributed by atoms with Crippen LogP contribution in [-0.4, -0.2) is 12.6 Å². The Balaban J connectivity index is 2.14. The van der Waals surface area contributed by atoms with Crippen molar-refractivity contribution in [1.82, 2.24) is 5.32 Å². The molecule has 1 aliphatic carbocycles. The van der Waals surface area contributed by atoms with Crippen LogP contribution in [0.3, 0.4) is 0 Å². The first-order valence-corrected chi connectivity index (χ1v) is 6.78. The predicted molar refractivity (Wildman–Crippen MR) is 69.8 cm³/mol. The zero-order valence-electron chi connectivity index (χ0n) is 10.8. The van der Waals surface area contributed by atoms with Crippen LogP contribution in [0.15, 0.2) is 18.2 Å². The first-order valence-electron chi connectivity index (χ1n) is 6.78. The van der Waals surface area contributed by atoms with Gasteiger partial charge in [-0.25, -0.2) is 4.39 Å². The molecule has 0 aromatic heterocycles. The van der Waals surface area contributed by atoms with Crippen LogP contribution in [0.5, 0.6) is 0 Å². The molecule has 2 rings (SSSR count). The van der Waals surface area contributed by atoms with E-state index in [0.29, 0.717) is 12.0 Å². The smallest absolute Gasteiger partial charge is 0.123 e. The first-order chi connectivity index (χ1) is 8.26. The molecule has 1 aromatic carbocycles. The third kappa shape index (κ3) is 2.68. The van der Waals surface area contributed by atoms with Crippen LogP contribution in [0.2, 0.25) is 0 Å². The molecule has 0 saturated carbocycles. The number of fused-ring (bicyclic) bond motifs is 1. The second-order valence-corrected chi connectivity index (χ2v) is 4.96. The maximum absolute atomic E-state index is 13.2. The minimum Gasteiger partial charge on any atom is -0.313 e. The summed E-state index contributed by atoms with van der Waals surface area (Å²) >= 11 is 0. The van der Waals surface area contributed by atoms with Crippen molar-refractivity contribution in [3.63, 3.8) is 0 Å². The number of halogens is 1. The van der Waals surface area contributed by atoms with Crippen molar-refractivity contribution in [2.75, 3.05) is 6.54 Å². The number of hydrogen-bond donors (Lipinski definition) is 1. The van der Waals surface area contributed by atoms with Crippen molar-refractivity contribution >= 4 is 0 Å². The van der Waals surface area contributed by atoms with Gasteiger partial charge in [-0.1, -0.05) is 19.9 Å². The highest BCUT2D eigenvalue weighted by Crippen LogP contribution is 2.36. The third-order valence-electron chi connectivity index (χ3n) is 3.81. The SMILES string of the molecule is CCCNC(CC)C1CCc2cc(F)ccc21. The average Bonchev–Trinajstić information content (AvgIpc) is 2.73. The molecule has 2 heteroatoms. The molecule has 0 fully saturated rings. The van der Waals surface area contributed by atoms with Gasteiger partial charge in [0.05, 0.1) is 0 Å². The lowest BCUT2D eigenvalue weighted by Gasteiger charge is -2.24. The standard InChI is InChI=1S/C15H22FN/c1-3-9-17-15(4-2)14-7-5-11-10-12(16)6-8-13(11)14/h6,8,10,14-15,17H,3-5,7,9H2,1-2H3. The molecular weight excluding hydrogens is 213 g/mol. The molecule has 0 radical (unpaired) electrons. The Morgan fingerprint density at radius 3 is 2.94 bits per heavy atom. The van der Waals surface area contributed by atoms with Gasteiger partial charge in [0.2, 0.25) is 0 Å². The van der Waals surface area contributed by atoms with Crippen LogP contribution in [0, 0.1) is 5.82 Å². The molecule has 0 heterocycles. The van der Waals surface area contributed by atoms with Gasteiger partial charge in [-0.15, -0.1) is 0 Å². The Bertz CT molecular complexity index is 375. The van der Waals surface area contributed by atoms with Crippen LogP contribution in [0.4, 0.5) is 4.39 Å². The van der Waals surface area contributed by atoms with Gasteiger partial charge in [0.25, 0.3) is 0 Å². The van der Waals surface area contributed by atoms with Crippen molar-refractivity contribution < 1.29 is 4.39 Å². The van der Waals surface area contributed by atoms with Crippen LogP contribution >= 0.6 is 0 Å². The summed E-state index contributed by atoms with van der Waals surface area (Å²) < 4.78 is 13.2. The lowest BCUT2D eigenvalue weighted by atomic mass is 9.91. The van der Waals surface area contributed by atoms with E-state index in [4.69, 9.17) is 0 Å². The second kappa shape index (κ2) is 5.63. The number of hydrogen-bond acceptors (Lipinski definition) is 1. The molecule has 94 valence electrons. The molecule has 1 N–H and O–H groups in total. The predicted octanol–water partition coefficient (Wildman–Crippen LogP) is 3.63. The molecule has 0 amide bonds. The zero-order valence-corrected chi connectivity index (χ0v) is 10.8. The van der Waals surface area contributed by atoms with E-state index in [9.17, 15) is 4.39 Å². The molecule has 1 aromatic rings. The fraction of sp³-hybridized carbons (Fsp3) is 0.600. The Kier molecular flexibility index (Phi) is 4.16. The van der Waals surface area contributed by atoms with Crippen LogP contribution in [-0.2, 0) is 6.42 Å². The van der Waals surface area contributed by atoms with E-state index in [-0.39, 0.29) is 5.82 Å². The summed E-state index contributed by atoms with van der Waals surface area (Å²) in [7, 11) is 0. The molecule has 1 aliphatic rings. The first kappa shape index (κ1) is 12.6. The molecule has 0 saturated heterocycles. The zero-order chi connectivity index (χ0) is 12.3. The van der Waals surface area contributed by atoms with Crippen molar-refractivity contribution in [3.8, 4) is 0 Å². The van der Waals surface area contributed by atoms with Gasteiger partial charge >= 0.3 is 0 Å². The fourth-order valence-corrected chi connectivity index (χ4v) is 2.94. The Morgan fingerprint density at radius 2 is 2.24 bits per heavy atom. The molecule has 0 aliphatic heterocycles. The van der Waals surface area contributed by atoms with E-state index in [0.717, 1.165) is 25.8 Å². The second-order valence-electron chi connectivity index (χ2n) is 4.96. The van der Waals surface area contributed by atoms with Gasteiger partial charge in [-0.3, -0.25) is 0 Å². The number of benzene rings is 1. The van der Waals surface area contributed by atoms with E-state index in [1.165, 1.54) is 17.5 Å². The van der Waals surface area contributed by atoms with E-state index in [1.54, 1.807) is 12.1 Å². The van der Waals surface area contributed by atoms with Gasteiger partial charge < -0.3 is 5.32 Å². The maximum Gasteiger partial charge on any atom is 0.123 e. The molecule has 1 nitrogen and oxygen atoms in total. The van der Waals surface area contributed by atoms with E-state index in [2.05, 4.69) is 19.2 Å². The van der Waals surface area contributed by atoms with Gasteiger partial charge in [0.1, 0.15) is 5.82 Å². The summed E-state index contributed by atoms with van der Waals surface area (Å²) in [4.78, 5) is 0. The summed E-state index contributed by atoms with van der Waals surface area (Å²) in [6.45, 7) is 5.50. The largest absolute Gasteiger partial charge is 0.313 e. The highest BCUT2D eigenvalue weighted by atomic mass is 19.1. The highest BCUT2D eigenvalue weighted by Gasteiger charge is 2.28. The van der Waals surface area contributed by atoms with Crippen LogP contribution < -0.4 is 5.32 Å². The summed E-state index contributed by atoms with van der Waals surface area (Å²) in [5, 5.41) is 3.62. The van der Waals surface area contributed by atoms with E-state index < -0.39 is 0 Å². The molecular formula is C15H22FN. The molecule has 17 heavy (non-hydrogen) atoms. The summed E-state index contributed by atoms with van der Waals surface area (Å²) in [6.07, 6.45) is 4.50. The van der Waals surface area contributed by atoms with Gasteiger partial charge in [-0.2, -0.15) is 0 Å². The minimum atomic E-state index is -0.0982. The maximum atomic E-state index is 13.2. The van der Waals surface area contributed by atoms with Crippen molar-refractivity contribution in [1.29, 1.82) is 0 Å². The average molecular weight is 235 g/mol. The Hall–Kier alpha value is -0.890. The van der Waals surface area contributed by atoms with Gasteiger partial charge in [0, 0.05) is 6.04 Å². The topological polar surface area (TPSA) is 12.0 Å². The van der Waals surface area contributed by atoms with E-state index in [1.807, 2.05) is 6.07 Å². The summed E-state index contributed by atoms with van der Waals surface area (Å²) in [5.74, 6) is 0.473. The summed E-state index contributed by atoms with van der Waals surface area (Å²) in [5.41, 5.74) is 2.58. The molecule has 0 bridgehead atoms. The molecule has 2 atom stereocenters. The van der Waals surface area contributed by atoms with Crippen LogP contribution in [0.1, 0.15) is 50.2 Å². The highest BCUT2D eigenvalue weighted by molar-refractivity contribution is 5.36. The number of nitrogens with one attached hydrogen (secondary N) is 1. The normalized spacial score (nSPS) is 20.3. The summed E-state index contributed by atoms with van der Waals surface area (Å²) in [6, 6.07) is 5.84.